The van der Waals surface area contributed by atoms with Gasteiger partial charge in [0.2, 0.25) is 0 Å². The van der Waals surface area contributed by atoms with Gasteiger partial charge in [-0.15, -0.1) is 0 Å². The molecule has 0 spiro atoms. The molecule has 0 radical (unpaired) electrons. The molecule has 138 valence electrons. The fourth-order valence-corrected chi connectivity index (χ4v) is 3.34. The molecular weight excluding hydrogens is 327 g/mol. The molecule has 1 aromatic rings. The summed E-state index contributed by atoms with van der Waals surface area (Å²) in [5.74, 6) is -0.266. The van der Waals surface area contributed by atoms with Crippen LogP contribution in [-0.2, 0) is 19.7 Å². The fourth-order valence-electron chi connectivity index (χ4n) is 3.34. The van der Waals surface area contributed by atoms with Gasteiger partial charge >= 0.3 is 6.03 Å². The summed E-state index contributed by atoms with van der Waals surface area (Å²) >= 11 is 0. The molecule has 2 fully saturated rings. The summed E-state index contributed by atoms with van der Waals surface area (Å²) in [6.07, 6.45) is 3.98. The third-order valence-corrected chi connectivity index (χ3v) is 4.91. The second-order valence-electron chi connectivity index (χ2n) is 6.60. The van der Waals surface area contributed by atoms with Crippen molar-refractivity contribution in [3.8, 4) is 0 Å². The topological polar surface area (TPSA) is 68.8 Å². The van der Waals surface area contributed by atoms with Gasteiger partial charge in [0, 0.05) is 38.2 Å². The number of carbonyl (C=O) groups is 1. The van der Waals surface area contributed by atoms with E-state index in [1.54, 1.807) is 12.1 Å². The number of ether oxygens (including phenoxy) is 2. The number of hydrogen-bond acceptors (Lipinski definition) is 4. The van der Waals surface area contributed by atoms with Crippen LogP contribution in [0.2, 0.25) is 0 Å². The summed E-state index contributed by atoms with van der Waals surface area (Å²) in [5, 5.41) is 2.87. The van der Waals surface area contributed by atoms with Crippen LogP contribution in [0.4, 0.5) is 9.18 Å². The SMILES string of the molecule is O=C(NCC1(c2ccc(F)cc2)CCOCC1)NOC1CCCCO1. The van der Waals surface area contributed by atoms with E-state index in [2.05, 4.69) is 10.8 Å². The van der Waals surface area contributed by atoms with Crippen molar-refractivity contribution in [2.24, 2.45) is 0 Å². The Morgan fingerprint density at radius 1 is 1.20 bits per heavy atom. The lowest BCUT2D eigenvalue weighted by Gasteiger charge is -2.38. The van der Waals surface area contributed by atoms with Crippen LogP contribution < -0.4 is 10.8 Å². The minimum atomic E-state index is -0.401. The zero-order chi connectivity index (χ0) is 17.5. The molecule has 1 unspecified atom stereocenters. The first-order valence-electron chi connectivity index (χ1n) is 8.83. The van der Waals surface area contributed by atoms with Crippen LogP contribution in [0, 0.1) is 5.82 Å². The summed E-state index contributed by atoms with van der Waals surface area (Å²) in [6.45, 7) is 2.32. The highest BCUT2D eigenvalue weighted by Gasteiger charge is 2.35. The Hall–Kier alpha value is -1.70. The first-order valence-corrected chi connectivity index (χ1v) is 8.83. The summed E-state index contributed by atoms with van der Waals surface area (Å²) in [5.41, 5.74) is 3.15. The van der Waals surface area contributed by atoms with E-state index in [-0.39, 0.29) is 17.5 Å². The van der Waals surface area contributed by atoms with Gasteiger partial charge in [0.15, 0.2) is 6.29 Å². The molecule has 7 heteroatoms. The molecular formula is C18H25FN2O4. The zero-order valence-corrected chi connectivity index (χ0v) is 14.3. The first-order chi connectivity index (χ1) is 12.2. The van der Waals surface area contributed by atoms with E-state index in [1.165, 1.54) is 12.1 Å². The molecule has 1 atom stereocenters. The Labute approximate surface area is 147 Å². The number of hydrogen-bond donors (Lipinski definition) is 2. The van der Waals surface area contributed by atoms with Crippen molar-refractivity contribution >= 4 is 6.03 Å². The number of halogens is 1. The predicted octanol–water partition coefficient (Wildman–Crippen LogP) is 2.63. The van der Waals surface area contributed by atoms with Crippen LogP contribution in [0.1, 0.15) is 37.7 Å². The van der Waals surface area contributed by atoms with Crippen LogP contribution in [-0.4, -0.2) is 38.7 Å². The molecule has 2 amide bonds. The quantitative estimate of drug-likeness (QED) is 0.800. The van der Waals surface area contributed by atoms with E-state index in [9.17, 15) is 9.18 Å². The minimum Gasteiger partial charge on any atom is -0.381 e. The highest BCUT2D eigenvalue weighted by Crippen LogP contribution is 2.34. The van der Waals surface area contributed by atoms with Crippen LogP contribution >= 0.6 is 0 Å². The predicted molar refractivity (Wildman–Crippen MR) is 89.3 cm³/mol. The smallest absolute Gasteiger partial charge is 0.338 e. The molecule has 2 heterocycles. The minimum absolute atomic E-state index is 0.259. The second kappa shape index (κ2) is 8.60. The molecule has 3 rings (SSSR count). The van der Waals surface area contributed by atoms with Crippen molar-refractivity contribution in [2.75, 3.05) is 26.4 Å². The van der Waals surface area contributed by atoms with E-state index < -0.39 is 6.03 Å². The van der Waals surface area contributed by atoms with E-state index in [0.29, 0.717) is 26.4 Å². The van der Waals surface area contributed by atoms with Gasteiger partial charge in [-0.2, -0.15) is 0 Å². The van der Waals surface area contributed by atoms with Crippen molar-refractivity contribution < 1.29 is 23.5 Å². The Balaban J connectivity index is 1.55. The van der Waals surface area contributed by atoms with Gasteiger partial charge < -0.3 is 14.8 Å². The standard InChI is InChI=1S/C18H25FN2O4/c19-15-6-4-14(5-7-15)18(8-11-23-12-9-18)13-20-17(22)21-25-16-3-1-2-10-24-16/h4-7,16H,1-3,8-13H2,(H2,20,21,22). The number of urea groups is 1. The van der Waals surface area contributed by atoms with Gasteiger partial charge in [-0.1, -0.05) is 12.1 Å². The van der Waals surface area contributed by atoms with E-state index in [4.69, 9.17) is 14.3 Å². The molecule has 1 aromatic carbocycles. The number of nitrogens with one attached hydrogen (secondary N) is 2. The van der Waals surface area contributed by atoms with Crippen LogP contribution in [0.25, 0.3) is 0 Å². The monoisotopic (exact) mass is 352 g/mol. The molecule has 2 aliphatic rings. The zero-order valence-electron chi connectivity index (χ0n) is 14.3. The third kappa shape index (κ3) is 4.90. The van der Waals surface area contributed by atoms with E-state index in [1.807, 2.05) is 0 Å². The Morgan fingerprint density at radius 3 is 2.64 bits per heavy atom. The molecule has 0 bridgehead atoms. The third-order valence-electron chi connectivity index (χ3n) is 4.91. The van der Waals surface area contributed by atoms with Crippen molar-refractivity contribution in [1.82, 2.24) is 10.8 Å². The summed E-state index contributed by atoms with van der Waals surface area (Å²) in [4.78, 5) is 17.3. The second-order valence-corrected chi connectivity index (χ2v) is 6.60. The normalized spacial score (nSPS) is 23.0. The van der Waals surface area contributed by atoms with E-state index >= 15 is 0 Å². The maximum absolute atomic E-state index is 13.2. The van der Waals surface area contributed by atoms with Crippen molar-refractivity contribution in [2.45, 2.75) is 43.8 Å². The number of carbonyl (C=O) groups excluding carboxylic acids is 1. The molecule has 6 nitrogen and oxygen atoms in total. The van der Waals surface area contributed by atoms with Gasteiger partial charge in [-0.3, -0.25) is 0 Å². The number of amides is 2. The lowest BCUT2D eigenvalue weighted by Crippen LogP contribution is -2.48. The summed E-state index contributed by atoms with van der Waals surface area (Å²) in [6, 6.07) is 6.08. The first kappa shape index (κ1) is 18.1. The Bertz CT molecular complexity index is 555. The lowest BCUT2D eigenvalue weighted by atomic mass is 9.74. The maximum atomic E-state index is 13.2. The van der Waals surface area contributed by atoms with Crippen molar-refractivity contribution in [3.63, 3.8) is 0 Å². The maximum Gasteiger partial charge on any atom is 0.338 e. The molecule has 0 aromatic heterocycles. The fraction of sp³-hybridized carbons (Fsp3) is 0.611. The van der Waals surface area contributed by atoms with Crippen LogP contribution in [0.5, 0.6) is 0 Å². The largest absolute Gasteiger partial charge is 0.381 e. The van der Waals surface area contributed by atoms with Gasteiger partial charge in [0.25, 0.3) is 0 Å². The van der Waals surface area contributed by atoms with Crippen LogP contribution in [0.15, 0.2) is 24.3 Å². The van der Waals surface area contributed by atoms with Gasteiger partial charge in [-0.25, -0.2) is 19.5 Å². The number of hydroxylamine groups is 1. The molecule has 25 heavy (non-hydrogen) atoms. The van der Waals surface area contributed by atoms with Crippen molar-refractivity contribution in [3.05, 3.63) is 35.6 Å². The number of benzene rings is 1. The Morgan fingerprint density at radius 2 is 1.96 bits per heavy atom. The van der Waals surface area contributed by atoms with Gasteiger partial charge in [-0.05, 0) is 43.4 Å². The number of rotatable bonds is 5. The Kier molecular flexibility index (Phi) is 6.23. The molecule has 2 N–H and O–H groups in total. The van der Waals surface area contributed by atoms with Crippen molar-refractivity contribution in [1.29, 1.82) is 0 Å². The average molecular weight is 352 g/mol. The molecule has 2 saturated heterocycles. The highest BCUT2D eigenvalue weighted by atomic mass is 19.1. The molecule has 2 aliphatic heterocycles. The highest BCUT2D eigenvalue weighted by molar-refractivity contribution is 5.72. The van der Waals surface area contributed by atoms with Gasteiger partial charge in [0.1, 0.15) is 5.82 Å². The van der Waals surface area contributed by atoms with Crippen LogP contribution in [0.3, 0.4) is 0 Å². The van der Waals surface area contributed by atoms with E-state index in [0.717, 1.165) is 37.7 Å². The lowest BCUT2D eigenvalue weighted by molar-refractivity contribution is -0.186. The molecule has 0 aliphatic carbocycles. The molecule has 0 saturated carbocycles. The average Bonchev–Trinajstić information content (AvgIpc) is 2.67. The van der Waals surface area contributed by atoms with Gasteiger partial charge in [0.05, 0.1) is 0 Å². The summed E-state index contributed by atoms with van der Waals surface area (Å²) in [7, 11) is 0. The summed E-state index contributed by atoms with van der Waals surface area (Å²) < 4.78 is 24.1.